The number of hydrogen-bond donors (Lipinski definition) is 1. The summed E-state index contributed by atoms with van der Waals surface area (Å²) in [5, 5.41) is 2.66. The molecule has 3 aliphatic rings. The molecule has 0 saturated carbocycles. The second-order valence-electron chi connectivity index (χ2n) is 6.38. The molecule has 0 unspecified atom stereocenters. The lowest BCUT2D eigenvalue weighted by atomic mass is 9.54. The lowest BCUT2D eigenvalue weighted by Crippen LogP contribution is -2.40. The van der Waals surface area contributed by atoms with Crippen LogP contribution < -0.4 is 5.32 Å². The van der Waals surface area contributed by atoms with Gasteiger partial charge in [-0.3, -0.25) is 0 Å². The summed E-state index contributed by atoms with van der Waals surface area (Å²) in [6, 6.07) is 17.7. The Hall–Kier alpha value is -1.31. The van der Waals surface area contributed by atoms with E-state index in [0.717, 1.165) is 12.8 Å². The second kappa shape index (κ2) is 6.06. The first-order chi connectivity index (χ1) is 11.5. The van der Waals surface area contributed by atoms with Gasteiger partial charge in [-0.1, -0.05) is 48.5 Å². The van der Waals surface area contributed by atoms with Gasteiger partial charge in [0.05, 0.1) is 0 Å². The summed E-state index contributed by atoms with van der Waals surface area (Å²) in [5.74, 6) is 0.528. The van der Waals surface area contributed by atoms with Crippen molar-refractivity contribution in [3.05, 3.63) is 70.8 Å². The van der Waals surface area contributed by atoms with E-state index >= 15 is 0 Å². The minimum atomic E-state index is -2.04. The summed E-state index contributed by atoms with van der Waals surface area (Å²) in [4.78, 5) is 0. The normalized spacial score (nSPS) is 26.9. The first kappa shape index (κ1) is 12.2. The van der Waals surface area contributed by atoms with E-state index in [9.17, 15) is 0 Å². The van der Waals surface area contributed by atoms with Crippen molar-refractivity contribution in [1.29, 1.82) is 0 Å². The summed E-state index contributed by atoms with van der Waals surface area (Å²) in [5.41, 5.74) is 5.94. The summed E-state index contributed by atoms with van der Waals surface area (Å²) in [7, 11) is 0. The minimum Gasteiger partial charge on any atom is -0.320 e. The molecule has 5 rings (SSSR count). The number of halogens is 1. The smallest absolute Gasteiger partial charge is 0.0391 e. The van der Waals surface area contributed by atoms with E-state index in [-0.39, 0.29) is 17.8 Å². The largest absolute Gasteiger partial charge is 0.320 e. The summed E-state index contributed by atoms with van der Waals surface area (Å²) >= 11 is 0. The van der Waals surface area contributed by atoms with Gasteiger partial charge in [-0.2, -0.15) is 0 Å². The van der Waals surface area contributed by atoms with Gasteiger partial charge in [0, 0.05) is 15.4 Å². The Labute approximate surface area is 143 Å². The van der Waals surface area contributed by atoms with Crippen LogP contribution in [0.4, 0.5) is 0 Å². The van der Waals surface area contributed by atoms with Crippen LogP contribution in [-0.2, 0) is 5.41 Å². The molecule has 0 atom stereocenters. The van der Waals surface area contributed by atoms with Crippen LogP contribution in [0.2, 0.25) is 0 Å². The average molecular weight is 318 g/mol. The van der Waals surface area contributed by atoms with Crippen LogP contribution in [0.5, 0.6) is 0 Å². The molecule has 0 heterocycles. The van der Waals surface area contributed by atoms with Gasteiger partial charge in [0.1, 0.15) is 0 Å². The quantitative estimate of drug-likeness (QED) is 0.640. The van der Waals surface area contributed by atoms with Crippen molar-refractivity contribution in [3.63, 3.8) is 0 Å². The van der Waals surface area contributed by atoms with Crippen LogP contribution in [0.15, 0.2) is 48.5 Å². The van der Waals surface area contributed by atoms with Crippen LogP contribution in [0, 0.1) is 0 Å². The lowest BCUT2D eigenvalue weighted by Gasteiger charge is -2.50. The van der Waals surface area contributed by atoms with Crippen molar-refractivity contribution in [2.75, 3.05) is 13.5 Å². The van der Waals surface area contributed by atoms with Gasteiger partial charge in [0.25, 0.3) is 0 Å². The molecule has 0 aliphatic heterocycles. The van der Waals surface area contributed by atoms with E-state index < -0.39 is 6.98 Å². The highest BCUT2D eigenvalue weighted by atomic mass is 35.5. The molecule has 2 bridgehead atoms. The van der Waals surface area contributed by atoms with Crippen molar-refractivity contribution >= 4 is 12.4 Å². The molecular weight excluding hydrogens is 291 g/mol. The number of benzene rings is 2. The van der Waals surface area contributed by atoms with Crippen LogP contribution >= 0.6 is 12.4 Å². The molecule has 0 saturated heterocycles. The number of nitrogens with one attached hydrogen (secondary N) is 1. The number of hydrogen-bond acceptors (Lipinski definition) is 1. The molecule has 3 aliphatic carbocycles. The standard InChI is InChI=1S/C20H23N.ClH/c1-21-14-6-12-20-13-11-15(16-7-2-4-9-18(16)20)17-8-3-5-10-19(17)20;/h2-5,7-10,15,21H,6,11-14H2,1H3;1H/i1+1D3;. The highest BCUT2D eigenvalue weighted by Crippen LogP contribution is 2.57. The van der Waals surface area contributed by atoms with Crippen LogP contribution in [0.25, 0.3) is 0 Å². The topological polar surface area (TPSA) is 12.0 Å². The molecule has 116 valence electrons. The first-order valence-corrected chi connectivity index (χ1v) is 7.95. The van der Waals surface area contributed by atoms with E-state index in [0.29, 0.717) is 12.5 Å². The molecule has 0 amide bonds. The number of rotatable bonds is 4. The van der Waals surface area contributed by atoms with Crippen LogP contribution in [0.3, 0.4) is 0 Å². The van der Waals surface area contributed by atoms with Gasteiger partial charge in [-0.15, -0.1) is 12.4 Å². The van der Waals surface area contributed by atoms with Crippen molar-refractivity contribution in [3.8, 4) is 0 Å². The predicted octanol–water partition coefficient (Wildman–Crippen LogP) is 4.63. The molecule has 0 radical (unpaired) electrons. The van der Waals surface area contributed by atoms with Gasteiger partial charge in [0.15, 0.2) is 0 Å². The van der Waals surface area contributed by atoms with Crippen LogP contribution in [0.1, 0.15) is 58.0 Å². The highest BCUT2D eigenvalue weighted by molar-refractivity contribution is 5.85. The molecule has 1 nitrogen and oxygen atoms in total. The SMILES string of the molecule is Cl.[2H][13C]([2H])([2H])NCCCC12CCC(c3ccccc31)c1ccccc12. The fraction of sp³-hybridized carbons (Fsp3) is 0.400. The average Bonchev–Trinajstić information content (AvgIpc) is 2.59. The Balaban J connectivity index is 0.00000182. The molecule has 0 aromatic heterocycles. The van der Waals surface area contributed by atoms with Gasteiger partial charge in [-0.25, -0.2) is 0 Å². The van der Waals surface area contributed by atoms with Crippen molar-refractivity contribution in [2.24, 2.45) is 0 Å². The molecule has 22 heavy (non-hydrogen) atoms. The summed E-state index contributed by atoms with van der Waals surface area (Å²) in [6.45, 7) is -1.51. The minimum absolute atomic E-state index is 0. The monoisotopic (exact) mass is 317 g/mol. The van der Waals surface area contributed by atoms with Gasteiger partial charge < -0.3 is 5.32 Å². The van der Waals surface area contributed by atoms with E-state index in [1.807, 2.05) is 0 Å². The molecule has 1 N–H and O–H groups in total. The second-order valence-corrected chi connectivity index (χ2v) is 6.38. The molecule has 2 heteroatoms. The van der Waals surface area contributed by atoms with Gasteiger partial charge >= 0.3 is 0 Å². The third kappa shape index (κ3) is 2.11. The summed E-state index contributed by atoms with van der Waals surface area (Å²) < 4.78 is 21.9. The van der Waals surface area contributed by atoms with Crippen LogP contribution in [-0.4, -0.2) is 13.5 Å². The third-order valence-corrected chi connectivity index (χ3v) is 5.47. The van der Waals surface area contributed by atoms with Gasteiger partial charge in [-0.05, 0) is 61.5 Å². The fourth-order valence-corrected chi connectivity index (χ4v) is 4.63. The molecule has 2 aromatic carbocycles. The molecular formula is C20H24ClN. The van der Waals surface area contributed by atoms with Gasteiger partial charge in [0.2, 0.25) is 0 Å². The van der Waals surface area contributed by atoms with E-state index in [2.05, 4.69) is 53.8 Å². The Morgan fingerprint density at radius 2 is 1.73 bits per heavy atom. The zero-order chi connectivity index (χ0) is 16.8. The zero-order valence-corrected chi connectivity index (χ0v) is 13.5. The van der Waals surface area contributed by atoms with Crippen molar-refractivity contribution in [1.82, 2.24) is 5.32 Å². The first-order valence-electron chi connectivity index (χ1n) is 9.45. The maximum atomic E-state index is 7.31. The van der Waals surface area contributed by atoms with Crippen molar-refractivity contribution < 1.29 is 4.11 Å². The highest BCUT2D eigenvalue weighted by Gasteiger charge is 2.47. The number of fused-ring (bicyclic) bond motifs is 1. The van der Waals surface area contributed by atoms with Crippen molar-refractivity contribution in [2.45, 2.75) is 37.0 Å². The zero-order valence-electron chi connectivity index (χ0n) is 15.6. The third-order valence-electron chi connectivity index (χ3n) is 5.47. The van der Waals surface area contributed by atoms with E-state index in [1.54, 1.807) is 0 Å². The predicted molar refractivity (Wildman–Crippen MR) is 95.1 cm³/mol. The molecule has 0 fully saturated rings. The summed E-state index contributed by atoms with van der Waals surface area (Å²) in [6.07, 6.45) is 4.22. The maximum Gasteiger partial charge on any atom is 0.0391 e. The molecule has 2 aromatic rings. The lowest BCUT2D eigenvalue weighted by molar-refractivity contribution is 0.341. The Bertz CT molecular complexity index is 709. The molecule has 0 spiro atoms. The fourth-order valence-electron chi connectivity index (χ4n) is 4.63. The Morgan fingerprint density at radius 1 is 1.09 bits per heavy atom. The van der Waals surface area contributed by atoms with E-state index in [4.69, 9.17) is 4.11 Å². The Morgan fingerprint density at radius 3 is 2.36 bits per heavy atom. The Kier molecular flexibility index (Phi) is 3.35. The maximum absolute atomic E-state index is 7.31. The van der Waals surface area contributed by atoms with E-state index in [1.165, 1.54) is 35.1 Å².